The van der Waals surface area contributed by atoms with E-state index >= 15 is 0 Å². The average molecular weight is 460 g/mol. The van der Waals surface area contributed by atoms with E-state index in [9.17, 15) is 14.4 Å². The number of hydrogen-bond donors (Lipinski definition) is 1. The number of amides is 3. The van der Waals surface area contributed by atoms with Crippen molar-refractivity contribution in [2.24, 2.45) is 11.8 Å². The lowest BCUT2D eigenvalue weighted by Gasteiger charge is -2.40. The number of methoxy groups -OCH3 is 1. The number of likely N-dealkylation sites (tertiary alicyclic amines) is 1. The highest BCUT2D eigenvalue weighted by molar-refractivity contribution is 5.99. The Morgan fingerprint density at radius 2 is 1.64 bits per heavy atom. The second kappa shape index (κ2) is 11.0. The van der Waals surface area contributed by atoms with E-state index in [0.717, 1.165) is 0 Å². The number of nitrogens with one attached hydrogen (secondary N) is 1. The van der Waals surface area contributed by atoms with E-state index in [4.69, 9.17) is 9.47 Å². The molecule has 0 bridgehead atoms. The van der Waals surface area contributed by atoms with Crippen LogP contribution in [0.25, 0.3) is 0 Å². The van der Waals surface area contributed by atoms with E-state index in [1.165, 1.54) is 7.11 Å². The summed E-state index contributed by atoms with van der Waals surface area (Å²) in [5.74, 6) is 0.0389. The van der Waals surface area contributed by atoms with E-state index in [2.05, 4.69) is 5.32 Å². The summed E-state index contributed by atoms with van der Waals surface area (Å²) in [5, 5.41) is 2.90. The number of piperidine rings is 1. The second-order valence-electron chi connectivity index (χ2n) is 9.50. The van der Waals surface area contributed by atoms with Crippen molar-refractivity contribution in [2.45, 2.75) is 58.8 Å². The molecular formula is C25H37N3O5. The summed E-state index contributed by atoms with van der Waals surface area (Å²) in [5.41, 5.74) is 0.400. The van der Waals surface area contributed by atoms with Crippen LogP contribution in [0.4, 0.5) is 0 Å². The normalized spacial score (nSPS) is 22.7. The topological polar surface area (TPSA) is 88.2 Å². The van der Waals surface area contributed by atoms with E-state index in [-0.39, 0.29) is 41.8 Å². The number of hydrogen-bond acceptors (Lipinski definition) is 5. The van der Waals surface area contributed by atoms with Gasteiger partial charge in [0, 0.05) is 32.1 Å². The highest BCUT2D eigenvalue weighted by Crippen LogP contribution is 2.24. The summed E-state index contributed by atoms with van der Waals surface area (Å²) in [4.78, 5) is 42.9. The molecule has 182 valence electrons. The zero-order chi connectivity index (χ0) is 24.1. The Hall–Kier alpha value is -2.61. The monoisotopic (exact) mass is 459 g/mol. The second-order valence-corrected chi connectivity index (χ2v) is 9.50. The number of nitrogens with zero attached hydrogens (tertiary/aromatic N) is 2. The molecular weight excluding hydrogens is 422 g/mol. The molecule has 3 unspecified atom stereocenters. The number of carbonyl (C=O) groups excluding carboxylic acids is 3. The maximum atomic E-state index is 13.3. The molecule has 2 fully saturated rings. The summed E-state index contributed by atoms with van der Waals surface area (Å²) in [6.45, 7) is 10.1. The lowest BCUT2D eigenvalue weighted by atomic mass is 9.93. The lowest BCUT2D eigenvalue weighted by Crippen LogP contribution is -2.55. The molecule has 8 heteroatoms. The van der Waals surface area contributed by atoms with Crippen LogP contribution < -0.4 is 10.1 Å². The van der Waals surface area contributed by atoms with Crippen molar-refractivity contribution in [2.75, 3.05) is 33.3 Å². The van der Waals surface area contributed by atoms with Crippen molar-refractivity contribution in [3.63, 3.8) is 0 Å². The molecule has 2 saturated heterocycles. The first-order chi connectivity index (χ1) is 15.7. The molecule has 1 aromatic rings. The third kappa shape index (κ3) is 6.05. The number of para-hydroxylation sites is 1. The molecule has 0 spiro atoms. The summed E-state index contributed by atoms with van der Waals surface area (Å²) in [6.07, 6.45) is 1.35. The third-order valence-corrected chi connectivity index (χ3v) is 6.46. The fourth-order valence-corrected chi connectivity index (χ4v) is 4.72. The van der Waals surface area contributed by atoms with Gasteiger partial charge in [-0.3, -0.25) is 14.4 Å². The molecule has 3 atom stereocenters. The molecule has 0 aliphatic carbocycles. The van der Waals surface area contributed by atoms with E-state index in [1.807, 2.05) is 32.6 Å². The van der Waals surface area contributed by atoms with Gasteiger partial charge in [-0.05, 0) is 44.7 Å². The quantitative estimate of drug-likeness (QED) is 0.705. The van der Waals surface area contributed by atoms with Crippen molar-refractivity contribution in [1.82, 2.24) is 15.1 Å². The maximum absolute atomic E-state index is 13.3. The summed E-state index contributed by atoms with van der Waals surface area (Å²) < 4.78 is 11.0. The Labute approximate surface area is 196 Å². The summed E-state index contributed by atoms with van der Waals surface area (Å²) >= 11 is 0. The zero-order valence-corrected chi connectivity index (χ0v) is 20.4. The highest BCUT2D eigenvalue weighted by atomic mass is 16.5. The molecule has 8 nitrogen and oxygen atoms in total. The van der Waals surface area contributed by atoms with E-state index in [0.29, 0.717) is 50.3 Å². The Balaban J connectivity index is 1.59. The molecule has 1 aromatic carbocycles. The van der Waals surface area contributed by atoms with Crippen LogP contribution in [0.2, 0.25) is 0 Å². The van der Waals surface area contributed by atoms with Gasteiger partial charge in [0.15, 0.2) is 0 Å². The third-order valence-electron chi connectivity index (χ3n) is 6.46. The van der Waals surface area contributed by atoms with Crippen LogP contribution in [-0.4, -0.2) is 79.1 Å². The minimum Gasteiger partial charge on any atom is -0.496 e. The van der Waals surface area contributed by atoms with Crippen molar-refractivity contribution in [1.29, 1.82) is 0 Å². The molecule has 3 amide bonds. The van der Waals surface area contributed by atoms with Gasteiger partial charge in [-0.15, -0.1) is 0 Å². The smallest absolute Gasteiger partial charge is 0.255 e. The first-order valence-corrected chi connectivity index (χ1v) is 11.9. The van der Waals surface area contributed by atoms with E-state index < -0.39 is 6.04 Å². The van der Waals surface area contributed by atoms with Crippen molar-refractivity contribution < 1.29 is 23.9 Å². The van der Waals surface area contributed by atoms with Crippen LogP contribution in [0.3, 0.4) is 0 Å². The van der Waals surface area contributed by atoms with Crippen LogP contribution in [0.15, 0.2) is 24.3 Å². The maximum Gasteiger partial charge on any atom is 0.255 e. The van der Waals surface area contributed by atoms with Gasteiger partial charge >= 0.3 is 0 Å². The zero-order valence-electron chi connectivity index (χ0n) is 20.4. The lowest BCUT2D eigenvalue weighted by molar-refractivity contribution is -0.150. The van der Waals surface area contributed by atoms with Crippen LogP contribution in [0.5, 0.6) is 5.75 Å². The summed E-state index contributed by atoms with van der Waals surface area (Å²) in [6, 6.07) is 6.32. The molecule has 1 N–H and O–H groups in total. The van der Waals surface area contributed by atoms with Crippen LogP contribution in [-0.2, 0) is 14.3 Å². The Kier molecular flexibility index (Phi) is 8.35. The van der Waals surface area contributed by atoms with Gasteiger partial charge < -0.3 is 24.6 Å². The molecule has 2 aliphatic heterocycles. The van der Waals surface area contributed by atoms with Crippen molar-refractivity contribution in [3.8, 4) is 5.75 Å². The molecule has 0 aromatic heterocycles. The SMILES string of the molecule is COc1ccccc1C(=O)NC(C(=O)N1CCC(C(=O)N2CC(C)OC(C)C2)CC1)C(C)C. The van der Waals surface area contributed by atoms with Crippen LogP contribution >= 0.6 is 0 Å². The minimum atomic E-state index is -0.643. The first-order valence-electron chi connectivity index (χ1n) is 11.9. The number of ether oxygens (including phenoxy) is 2. The summed E-state index contributed by atoms with van der Waals surface area (Å²) in [7, 11) is 1.51. The molecule has 3 rings (SSSR count). The van der Waals surface area contributed by atoms with Crippen LogP contribution in [0, 0.1) is 11.8 Å². The van der Waals surface area contributed by atoms with Crippen molar-refractivity contribution in [3.05, 3.63) is 29.8 Å². The molecule has 33 heavy (non-hydrogen) atoms. The number of rotatable bonds is 6. The predicted octanol–water partition coefficient (Wildman–Crippen LogP) is 2.32. The van der Waals surface area contributed by atoms with Gasteiger partial charge in [-0.1, -0.05) is 26.0 Å². The van der Waals surface area contributed by atoms with Gasteiger partial charge in [-0.25, -0.2) is 0 Å². The van der Waals surface area contributed by atoms with Gasteiger partial charge in [0.05, 0.1) is 24.9 Å². The highest BCUT2D eigenvalue weighted by Gasteiger charge is 2.36. The van der Waals surface area contributed by atoms with Crippen molar-refractivity contribution >= 4 is 17.7 Å². The molecule has 2 aliphatic rings. The van der Waals surface area contributed by atoms with Gasteiger partial charge in [0.25, 0.3) is 5.91 Å². The molecule has 2 heterocycles. The average Bonchev–Trinajstić information content (AvgIpc) is 2.80. The number of benzene rings is 1. The predicted molar refractivity (Wildman–Crippen MR) is 125 cm³/mol. The van der Waals surface area contributed by atoms with E-state index in [1.54, 1.807) is 29.2 Å². The standard InChI is InChI=1S/C25H37N3O5/c1-16(2)22(26-23(29)20-8-6-7-9-21(20)32-5)25(31)27-12-10-19(11-13-27)24(30)28-14-17(3)33-18(4)15-28/h6-9,16-19,22H,10-15H2,1-5H3,(H,26,29). The minimum absolute atomic E-state index is 0.0398. The van der Waals surface area contributed by atoms with Gasteiger partial charge in [0.1, 0.15) is 11.8 Å². The Bertz CT molecular complexity index is 840. The van der Waals surface area contributed by atoms with Crippen LogP contribution in [0.1, 0.15) is 50.9 Å². The Morgan fingerprint density at radius 1 is 1.03 bits per heavy atom. The van der Waals surface area contributed by atoms with Gasteiger partial charge in [0.2, 0.25) is 11.8 Å². The fraction of sp³-hybridized carbons (Fsp3) is 0.640. The first kappa shape index (κ1) is 25.0. The Morgan fingerprint density at radius 3 is 2.21 bits per heavy atom. The largest absolute Gasteiger partial charge is 0.496 e. The van der Waals surface area contributed by atoms with Gasteiger partial charge in [-0.2, -0.15) is 0 Å². The fourth-order valence-electron chi connectivity index (χ4n) is 4.72. The number of morpholine rings is 1. The molecule has 0 saturated carbocycles. The molecule has 0 radical (unpaired) electrons. The number of carbonyl (C=O) groups is 3.